The minimum atomic E-state index is 0.739. The molecule has 0 atom stereocenters. The molecule has 1 N–H and O–H groups in total. The molecule has 0 aliphatic rings. The van der Waals surface area contributed by atoms with Gasteiger partial charge in [0.05, 0.1) is 0 Å². The molecule has 0 heterocycles. The minimum absolute atomic E-state index is 0.739. The molecule has 0 spiro atoms. The third-order valence-electron chi connectivity index (χ3n) is 1.54. The molecule has 0 unspecified atom stereocenters. The quantitative estimate of drug-likeness (QED) is 0.350. The summed E-state index contributed by atoms with van der Waals surface area (Å²) in [6.07, 6.45) is 4.90. The first-order valence-corrected chi connectivity index (χ1v) is 3.66. The van der Waals surface area contributed by atoms with E-state index in [2.05, 4.69) is 18.3 Å². The molecule has 0 rings (SSSR count). The van der Waals surface area contributed by atoms with Gasteiger partial charge >= 0.3 is 0 Å². The average molecular weight is 141 g/mol. The summed E-state index contributed by atoms with van der Waals surface area (Å²) in [4.78, 5) is 9.83. The van der Waals surface area contributed by atoms with Gasteiger partial charge in [-0.3, -0.25) is 4.79 Å². The summed E-state index contributed by atoms with van der Waals surface area (Å²) < 4.78 is 0. The second kappa shape index (κ2) is 6.33. The summed E-state index contributed by atoms with van der Waals surface area (Å²) in [5, 5.41) is 2.63. The number of hydrogen-bond acceptors (Lipinski definition) is 1. The van der Waals surface area contributed by atoms with Gasteiger partial charge in [-0.2, -0.15) is 0 Å². The van der Waals surface area contributed by atoms with E-state index >= 15 is 0 Å². The van der Waals surface area contributed by atoms with Crippen LogP contribution in [0.15, 0.2) is 11.6 Å². The molecular formula is C8H15NO. The van der Waals surface area contributed by atoms with Gasteiger partial charge in [0.1, 0.15) is 0 Å². The molecule has 0 aliphatic heterocycles. The second-order valence-electron chi connectivity index (χ2n) is 2.12. The molecule has 58 valence electrons. The van der Waals surface area contributed by atoms with Crippen LogP contribution in [-0.4, -0.2) is 13.0 Å². The maximum absolute atomic E-state index is 9.83. The van der Waals surface area contributed by atoms with Gasteiger partial charge in [-0.05, 0) is 19.8 Å². The van der Waals surface area contributed by atoms with Crippen LogP contribution < -0.4 is 5.32 Å². The van der Waals surface area contributed by atoms with Crippen LogP contribution in [0.25, 0.3) is 0 Å². The summed E-state index contributed by atoms with van der Waals surface area (Å²) in [7, 11) is 0. The lowest BCUT2D eigenvalue weighted by molar-refractivity contribution is -0.109. The summed E-state index contributed by atoms with van der Waals surface area (Å²) >= 11 is 0. The van der Waals surface area contributed by atoms with Gasteiger partial charge in [0, 0.05) is 6.54 Å². The molecule has 0 aromatic carbocycles. The predicted molar refractivity (Wildman–Crippen MR) is 42.7 cm³/mol. The summed E-state index contributed by atoms with van der Waals surface area (Å²) in [6, 6.07) is 0. The van der Waals surface area contributed by atoms with Crippen LogP contribution in [0, 0.1) is 0 Å². The number of carbonyl (C=O) groups is 1. The zero-order valence-electron chi connectivity index (χ0n) is 6.68. The highest BCUT2D eigenvalue weighted by Gasteiger charge is 1.90. The van der Waals surface area contributed by atoms with E-state index in [1.54, 1.807) is 0 Å². The highest BCUT2D eigenvalue weighted by molar-refractivity contribution is 5.45. The van der Waals surface area contributed by atoms with Crippen LogP contribution in [0.5, 0.6) is 0 Å². The Kier molecular flexibility index (Phi) is 5.83. The van der Waals surface area contributed by atoms with Crippen molar-refractivity contribution in [3.05, 3.63) is 11.6 Å². The standard InChI is InChI=1S/C8H15NO/c1-3-8(4-2)5-6-9-7-10/h3,7H,4-6H2,1-2H3,(H,9,10)/b8-3+. The van der Waals surface area contributed by atoms with Gasteiger partial charge in [-0.25, -0.2) is 0 Å². The molecule has 1 amide bonds. The lowest BCUT2D eigenvalue weighted by atomic mass is 10.1. The Balaban J connectivity index is 3.36. The number of hydrogen-bond donors (Lipinski definition) is 1. The molecular weight excluding hydrogens is 126 g/mol. The van der Waals surface area contributed by atoms with Gasteiger partial charge in [0.15, 0.2) is 0 Å². The van der Waals surface area contributed by atoms with Crippen molar-refractivity contribution in [2.75, 3.05) is 6.54 Å². The molecule has 0 saturated heterocycles. The van der Waals surface area contributed by atoms with Crippen molar-refractivity contribution in [3.63, 3.8) is 0 Å². The van der Waals surface area contributed by atoms with Crippen molar-refractivity contribution in [2.24, 2.45) is 0 Å². The van der Waals surface area contributed by atoms with Crippen molar-refractivity contribution in [3.8, 4) is 0 Å². The molecule has 10 heavy (non-hydrogen) atoms. The fourth-order valence-corrected chi connectivity index (χ4v) is 0.817. The Bertz CT molecular complexity index is 118. The van der Waals surface area contributed by atoms with E-state index in [0.717, 1.165) is 25.8 Å². The molecule has 0 bridgehead atoms. The SMILES string of the molecule is C/C=C(\CC)CCNC=O. The number of amides is 1. The molecule has 0 radical (unpaired) electrons. The Morgan fingerprint density at radius 1 is 1.60 bits per heavy atom. The highest BCUT2D eigenvalue weighted by Crippen LogP contribution is 2.03. The normalized spacial score (nSPS) is 11.2. The van der Waals surface area contributed by atoms with Crippen molar-refractivity contribution < 1.29 is 4.79 Å². The monoisotopic (exact) mass is 141 g/mol. The lowest BCUT2D eigenvalue weighted by Gasteiger charge is -2.01. The van der Waals surface area contributed by atoms with Crippen LogP contribution in [-0.2, 0) is 4.79 Å². The van der Waals surface area contributed by atoms with E-state index in [9.17, 15) is 4.79 Å². The Hall–Kier alpha value is -0.790. The fourth-order valence-electron chi connectivity index (χ4n) is 0.817. The van der Waals surface area contributed by atoms with Crippen LogP contribution >= 0.6 is 0 Å². The maximum Gasteiger partial charge on any atom is 0.207 e. The topological polar surface area (TPSA) is 29.1 Å². The van der Waals surface area contributed by atoms with Crippen LogP contribution in [0.1, 0.15) is 26.7 Å². The van der Waals surface area contributed by atoms with Gasteiger partial charge in [-0.1, -0.05) is 18.6 Å². The number of carbonyl (C=O) groups excluding carboxylic acids is 1. The average Bonchev–Trinajstić information content (AvgIpc) is 1.99. The highest BCUT2D eigenvalue weighted by atomic mass is 16.1. The van der Waals surface area contributed by atoms with Crippen LogP contribution in [0.3, 0.4) is 0 Å². The van der Waals surface area contributed by atoms with Crippen molar-refractivity contribution >= 4 is 6.41 Å². The maximum atomic E-state index is 9.83. The van der Waals surface area contributed by atoms with E-state index in [1.807, 2.05) is 6.92 Å². The van der Waals surface area contributed by atoms with Crippen molar-refractivity contribution in [2.45, 2.75) is 26.7 Å². The van der Waals surface area contributed by atoms with Crippen molar-refractivity contribution in [1.82, 2.24) is 5.32 Å². The molecule has 2 nitrogen and oxygen atoms in total. The number of nitrogens with one attached hydrogen (secondary N) is 1. The van der Waals surface area contributed by atoms with E-state index < -0.39 is 0 Å². The lowest BCUT2D eigenvalue weighted by Crippen LogP contribution is -2.12. The molecule has 0 saturated carbocycles. The van der Waals surface area contributed by atoms with E-state index in [-0.39, 0.29) is 0 Å². The Morgan fingerprint density at radius 3 is 2.70 bits per heavy atom. The minimum Gasteiger partial charge on any atom is -0.358 e. The molecule has 0 aliphatic carbocycles. The summed E-state index contributed by atoms with van der Waals surface area (Å²) in [6.45, 7) is 4.91. The largest absolute Gasteiger partial charge is 0.358 e. The van der Waals surface area contributed by atoms with Gasteiger partial charge in [0.25, 0.3) is 0 Å². The predicted octanol–water partition coefficient (Wildman–Crippen LogP) is 1.48. The van der Waals surface area contributed by atoms with Gasteiger partial charge in [-0.15, -0.1) is 0 Å². The molecule has 0 aromatic rings. The summed E-state index contributed by atoms with van der Waals surface area (Å²) in [5.41, 5.74) is 1.40. The number of allylic oxidation sites excluding steroid dienone is 1. The zero-order valence-corrected chi connectivity index (χ0v) is 6.68. The third-order valence-corrected chi connectivity index (χ3v) is 1.54. The first-order chi connectivity index (χ1) is 4.85. The third kappa shape index (κ3) is 4.13. The zero-order chi connectivity index (χ0) is 7.82. The van der Waals surface area contributed by atoms with E-state index in [0.29, 0.717) is 0 Å². The van der Waals surface area contributed by atoms with E-state index in [1.165, 1.54) is 5.57 Å². The number of rotatable bonds is 5. The molecule has 0 aromatic heterocycles. The smallest absolute Gasteiger partial charge is 0.207 e. The van der Waals surface area contributed by atoms with Crippen LogP contribution in [0.2, 0.25) is 0 Å². The Morgan fingerprint density at radius 2 is 2.30 bits per heavy atom. The Labute approximate surface area is 62.3 Å². The van der Waals surface area contributed by atoms with Crippen LogP contribution in [0.4, 0.5) is 0 Å². The first-order valence-electron chi connectivity index (χ1n) is 3.66. The van der Waals surface area contributed by atoms with Gasteiger partial charge in [0.2, 0.25) is 6.41 Å². The van der Waals surface area contributed by atoms with E-state index in [4.69, 9.17) is 0 Å². The fraction of sp³-hybridized carbons (Fsp3) is 0.625. The summed E-state index contributed by atoms with van der Waals surface area (Å²) in [5.74, 6) is 0. The second-order valence-corrected chi connectivity index (χ2v) is 2.12. The van der Waals surface area contributed by atoms with Crippen molar-refractivity contribution in [1.29, 1.82) is 0 Å². The van der Waals surface area contributed by atoms with Gasteiger partial charge < -0.3 is 5.32 Å². The first kappa shape index (κ1) is 9.21. The molecule has 2 heteroatoms. The molecule has 0 fully saturated rings.